The van der Waals surface area contributed by atoms with E-state index in [9.17, 15) is 4.79 Å². The van der Waals surface area contributed by atoms with Gasteiger partial charge in [0.05, 0.1) is 26.6 Å². The number of carbonyl (C=O) groups excluding carboxylic acids is 1. The molecule has 1 aromatic carbocycles. The Kier molecular flexibility index (Phi) is 5.86. The molecule has 0 N–H and O–H groups in total. The number of hydrogen-bond donors (Lipinski definition) is 0. The van der Waals surface area contributed by atoms with Crippen molar-refractivity contribution in [2.75, 3.05) is 26.6 Å². The van der Waals surface area contributed by atoms with Gasteiger partial charge in [0, 0.05) is 12.6 Å². The Morgan fingerprint density at radius 3 is 2.61 bits per heavy atom. The van der Waals surface area contributed by atoms with E-state index >= 15 is 0 Å². The zero-order chi connectivity index (χ0) is 16.8. The second-order valence-corrected chi connectivity index (χ2v) is 5.47. The number of esters is 1. The van der Waals surface area contributed by atoms with E-state index in [0.29, 0.717) is 29.1 Å². The largest absolute Gasteiger partial charge is 0.493 e. The summed E-state index contributed by atoms with van der Waals surface area (Å²) in [5, 5.41) is 8.94. The van der Waals surface area contributed by atoms with Crippen LogP contribution in [-0.4, -0.2) is 47.3 Å². The lowest BCUT2D eigenvalue weighted by Crippen LogP contribution is -2.07. The molecule has 0 radical (unpaired) electrons. The topological polar surface area (TPSA) is 75.5 Å². The van der Waals surface area contributed by atoms with Gasteiger partial charge in [-0.2, -0.15) is 0 Å². The zero-order valence-corrected chi connectivity index (χ0v) is 14.3. The van der Waals surface area contributed by atoms with Crippen molar-refractivity contribution in [1.29, 1.82) is 0 Å². The maximum atomic E-state index is 11.4. The average molecular weight is 337 g/mol. The molecular formula is C15H19N3O4S. The first-order valence-corrected chi connectivity index (χ1v) is 7.99. The van der Waals surface area contributed by atoms with Crippen molar-refractivity contribution in [3.05, 3.63) is 18.2 Å². The molecule has 0 fully saturated rings. The molecule has 0 saturated carbocycles. The Labute approximate surface area is 138 Å². The molecule has 2 rings (SSSR count). The number of aromatic nitrogens is 3. The molecular weight excluding hydrogens is 318 g/mol. The molecule has 0 amide bonds. The molecule has 7 nitrogen and oxygen atoms in total. The predicted octanol–water partition coefficient (Wildman–Crippen LogP) is 2.15. The third kappa shape index (κ3) is 3.95. The molecule has 1 aromatic heterocycles. The molecule has 0 aliphatic rings. The number of thioether (sulfide) groups is 1. The number of nitrogens with zero attached hydrogens (tertiary/aromatic N) is 3. The van der Waals surface area contributed by atoms with Gasteiger partial charge in [-0.25, -0.2) is 0 Å². The van der Waals surface area contributed by atoms with Crippen LogP contribution in [0.2, 0.25) is 0 Å². The molecule has 0 spiro atoms. The number of carbonyl (C=O) groups is 1. The Morgan fingerprint density at radius 2 is 1.96 bits per heavy atom. The van der Waals surface area contributed by atoms with Gasteiger partial charge in [-0.05, 0) is 25.1 Å². The van der Waals surface area contributed by atoms with Crippen LogP contribution in [0.4, 0.5) is 0 Å². The van der Waals surface area contributed by atoms with Gasteiger partial charge in [-0.1, -0.05) is 11.8 Å². The lowest BCUT2D eigenvalue weighted by Gasteiger charge is -2.09. The first-order chi connectivity index (χ1) is 11.1. The molecule has 23 heavy (non-hydrogen) atoms. The molecule has 0 aliphatic carbocycles. The summed E-state index contributed by atoms with van der Waals surface area (Å²) < 4.78 is 17.3. The average Bonchev–Trinajstić information content (AvgIpc) is 2.93. The zero-order valence-electron chi connectivity index (χ0n) is 13.5. The lowest BCUT2D eigenvalue weighted by molar-refractivity contribution is -0.139. The minimum Gasteiger partial charge on any atom is -0.493 e. The van der Waals surface area contributed by atoms with Crippen LogP contribution in [0, 0.1) is 0 Å². The van der Waals surface area contributed by atoms with E-state index in [4.69, 9.17) is 14.2 Å². The number of benzene rings is 1. The SMILES string of the molecule is CCOC(=O)CSc1nnc(-c2ccc(OC)c(OC)c2)n1C. The van der Waals surface area contributed by atoms with Crippen LogP contribution in [0.1, 0.15) is 6.92 Å². The van der Waals surface area contributed by atoms with Crippen LogP contribution in [-0.2, 0) is 16.6 Å². The lowest BCUT2D eigenvalue weighted by atomic mass is 10.2. The Hall–Kier alpha value is -2.22. The molecule has 2 aromatic rings. The van der Waals surface area contributed by atoms with Gasteiger partial charge in [0.25, 0.3) is 0 Å². The maximum absolute atomic E-state index is 11.4. The van der Waals surface area contributed by atoms with Crippen molar-refractivity contribution < 1.29 is 19.0 Å². The number of ether oxygens (including phenoxy) is 3. The summed E-state index contributed by atoms with van der Waals surface area (Å²) >= 11 is 1.29. The smallest absolute Gasteiger partial charge is 0.316 e. The Bertz CT molecular complexity index is 687. The van der Waals surface area contributed by atoms with Crippen molar-refractivity contribution in [2.24, 2.45) is 7.05 Å². The minimum atomic E-state index is -0.270. The number of hydrogen-bond acceptors (Lipinski definition) is 7. The van der Waals surface area contributed by atoms with Crippen molar-refractivity contribution >= 4 is 17.7 Å². The van der Waals surface area contributed by atoms with Crippen molar-refractivity contribution in [3.8, 4) is 22.9 Å². The standard InChI is InChI=1S/C15H19N3O4S/c1-5-22-13(19)9-23-15-17-16-14(18(15)2)10-6-7-11(20-3)12(8-10)21-4/h6-8H,5,9H2,1-4H3. The van der Waals surface area contributed by atoms with Gasteiger partial charge in [0.15, 0.2) is 22.5 Å². The molecule has 8 heteroatoms. The summed E-state index contributed by atoms with van der Waals surface area (Å²) in [6.45, 7) is 2.15. The summed E-state index contributed by atoms with van der Waals surface area (Å²) in [5.41, 5.74) is 0.848. The van der Waals surface area contributed by atoms with Gasteiger partial charge < -0.3 is 18.8 Å². The summed E-state index contributed by atoms with van der Waals surface area (Å²) in [5.74, 6) is 1.88. The van der Waals surface area contributed by atoms with Crippen molar-refractivity contribution in [3.63, 3.8) is 0 Å². The highest BCUT2D eigenvalue weighted by molar-refractivity contribution is 7.99. The maximum Gasteiger partial charge on any atom is 0.316 e. The van der Waals surface area contributed by atoms with E-state index in [2.05, 4.69) is 10.2 Å². The molecule has 0 unspecified atom stereocenters. The first-order valence-electron chi connectivity index (χ1n) is 7.00. The van der Waals surface area contributed by atoms with Crippen LogP contribution in [0.5, 0.6) is 11.5 Å². The summed E-state index contributed by atoms with van der Waals surface area (Å²) in [7, 11) is 5.02. The monoisotopic (exact) mass is 337 g/mol. The molecule has 124 valence electrons. The van der Waals surface area contributed by atoms with Gasteiger partial charge in [0.1, 0.15) is 0 Å². The molecule has 1 heterocycles. The van der Waals surface area contributed by atoms with Crippen LogP contribution in [0.25, 0.3) is 11.4 Å². The fourth-order valence-corrected chi connectivity index (χ4v) is 2.70. The van der Waals surface area contributed by atoms with Crippen LogP contribution in [0.3, 0.4) is 0 Å². The number of methoxy groups -OCH3 is 2. The van der Waals surface area contributed by atoms with Crippen LogP contribution < -0.4 is 9.47 Å². The fraction of sp³-hybridized carbons (Fsp3) is 0.400. The number of rotatable bonds is 7. The van der Waals surface area contributed by atoms with Gasteiger partial charge >= 0.3 is 5.97 Å². The van der Waals surface area contributed by atoms with E-state index in [1.54, 1.807) is 21.1 Å². The summed E-state index contributed by atoms with van der Waals surface area (Å²) in [6.07, 6.45) is 0. The molecule has 0 atom stereocenters. The van der Waals surface area contributed by atoms with Crippen molar-refractivity contribution in [1.82, 2.24) is 14.8 Å². The third-order valence-electron chi connectivity index (χ3n) is 3.10. The van der Waals surface area contributed by atoms with Gasteiger partial charge in [-0.3, -0.25) is 4.79 Å². The van der Waals surface area contributed by atoms with E-state index in [0.717, 1.165) is 5.56 Å². The summed E-state index contributed by atoms with van der Waals surface area (Å²) in [6, 6.07) is 5.53. The highest BCUT2D eigenvalue weighted by Gasteiger charge is 2.15. The van der Waals surface area contributed by atoms with Crippen molar-refractivity contribution in [2.45, 2.75) is 12.1 Å². The molecule has 0 bridgehead atoms. The highest BCUT2D eigenvalue weighted by atomic mass is 32.2. The Balaban J connectivity index is 2.20. The molecule has 0 aliphatic heterocycles. The minimum absolute atomic E-state index is 0.200. The van der Waals surface area contributed by atoms with Crippen LogP contribution in [0.15, 0.2) is 23.4 Å². The molecule has 0 saturated heterocycles. The predicted molar refractivity (Wildman–Crippen MR) is 86.9 cm³/mol. The van der Waals surface area contributed by atoms with Crippen LogP contribution >= 0.6 is 11.8 Å². The normalized spacial score (nSPS) is 10.4. The van der Waals surface area contributed by atoms with Gasteiger partial charge in [0.2, 0.25) is 0 Å². The summed E-state index contributed by atoms with van der Waals surface area (Å²) in [4.78, 5) is 11.4. The first kappa shape index (κ1) is 17.1. The fourth-order valence-electron chi connectivity index (χ4n) is 1.99. The second-order valence-electron chi connectivity index (χ2n) is 4.53. The Morgan fingerprint density at radius 1 is 1.22 bits per heavy atom. The highest BCUT2D eigenvalue weighted by Crippen LogP contribution is 2.32. The van der Waals surface area contributed by atoms with Gasteiger partial charge in [-0.15, -0.1) is 10.2 Å². The second kappa shape index (κ2) is 7.87. The van der Waals surface area contributed by atoms with E-state index in [-0.39, 0.29) is 11.7 Å². The van der Waals surface area contributed by atoms with E-state index in [1.807, 2.05) is 29.8 Å². The third-order valence-corrected chi connectivity index (χ3v) is 4.09. The quantitative estimate of drug-likeness (QED) is 0.566. The van der Waals surface area contributed by atoms with E-state index in [1.165, 1.54) is 11.8 Å². The van der Waals surface area contributed by atoms with E-state index < -0.39 is 0 Å².